The summed E-state index contributed by atoms with van der Waals surface area (Å²) >= 11 is 0. The molecule has 0 aliphatic heterocycles. The molecule has 0 aromatic heterocycles. The Morgan fingerprint density at radius 1 is 1.14 bits per heavy atom. The first kappa shape index (κ1) is 11.8. The van der Waals surface area contributed by atoms with Crippen LogP contribution in [0.25, 0.3) is 0 Å². The maximum Gasteiger partial charge on any atom is 0.394 e. The third-order valence-corrected chi connectivity index (χ3v) is 2.28. The number of rotatable bonds is 3. The number of ether oxygens (including phenoxy) is 1. The standard InChI is InChI=1S/C9H14F4O/c10-8(6-9(11,12)13)14-7-4-2-1-3-5-7/h7-8H,1-6H2. The van der Waals surface area contributed by atoms with Gasteiger partial charge in [-0.25, -0.2) is 4.39 Å². The van der Waals surface area contributed by atoms with E-state index in [1.54, 1.807) is 0 Å². The molecule has 5 heteroatoms. The lowest BCUT2D eigenvalue weighted by Gasteiger charge is -2.24. The Hall–Kier alpha value is -0.320. The second-order valence-electron chi connectivity index (χ2n) is 3.63. The van der Waals surface area contributed by atoms with Crippen molar-refractivity contribution in [2.75, 3.05) is 0 Å². The van der Waals surface area contributed by atoms with E-state index in [1.807, 2.05) is 0 Å². The highest BCUT2D eigenvalue weighted by Crippen LogP contribution is 2.27. The third kappa shape index (κ3) is 4.79. The molecule has 1 unspecified atom stereocenters. The van der Waals surface area contributed by atoms with Crippen molar-refractivity contribution in [1.82, 2.24) is 0 Å². The van der Waals surface area contributed by atoms with E-state index < -0.39 is 19.0 Å². The fourth-order valence-electron chi connectivity index (χ4n) is 1.64. The predicted molar refractivity (Wildman–Crippen MR) is 43.5 cm³/mol. The van der Waals surface area contributed by atoms with E-state index in [1.165, 1.54) is 0 Å². The van der Waals surface area contributed by atoms with Gasteiger partial charge >= 0.3 is 6.18 Å². The second kappa shape index (κ2) is 4.96. The van der Waals surface area contributed by atoms with Crippen molar-refractivity contribution in [3.05, 3.63) is 0 Å². The second-order valence-corrected chi connectivity index (χ2v) is 3.63. The molecule has 1 atom stereocenters. The van der Waals surface area contributed by atoms with Crippen molar-refractivity contribution < 1.29 is 22.3 Å². The van der Waals surface area contributed by atoms with Crippen LogP contribution >= 0.6 is 0 Å². The van der Waals surface area contributed by atoms with E-state index in [-0.39, 0.29) is 6.10 Å². The van der Waals surface area contributed by atoms with Crippen molar-refractivity contribution in [3.8, 4) is 0 Å². The quantitative estimate of drug-likeness (QED) is 0.652. The molecule has 0 aromatic carbocycles. The molecule has 1 rings (SSSR count). The smallest absolute Gasteiger partial charge is 0.344 e. The summed E-state index contributed by atoms with van der Waals surface area (Å²) in [6.45, 7) is 0. The summed E-state index contributed by atoms with van der Waals surface area (Å²) in [5, 5.41) is 0. The fourth-order valence-corrected chi connectivity index (χ4v) is 1.64. The van der Waals surface area contributed by atoms with Crippen molar-refractivity contribution in [2.24, 2.45) is 0 Å². The van der Waals surface area contributed by atoms with Crippen molar-refractivity contribution >= 4 is 0 Å². The molecular formula is C9H14F4O. The molecule has 0 saturated heterocycles. The highest BCUT2D eigenvalue weighted by atomic mass is 19.4. The molecule has 1 aliphatic rings. The SMILES string of the molecule is FC(CC(F)(F)F)OC1CCCCC1. The zero-order chi connectivity index (χ0) is 10.6. The summed E-state index contributed by atoms with van der Waals surface area (Å²) in [6, 6.07) is 0. The van der Waals surface area contributed by atoms with Gasteiger partial charge in [0.2, 0.25) is 6.36 Å². The molecule has 1 nitrogen and oxygen atoms in total. The van der Waals surface area contributed by atoms with Crippen LogP contribution in [0.1, 0.15) is 38.5 Å². The highest BCUT2D eigenvalue weighted by Gasteiger charge is 2.33. The summed E-state index contributed by atoms with van der Waals surface area (Å²) < 4.78 is 52.6. The van der Waals surface area contributed by atoms with Gasteiger partial charge < -0.3 is 4.74 Å². The molecule has 1 saturated carbocycles. The molecule has 84 valence electrons. The van der Waals surface area contributed by atoms with Gasteiger partial charge in [-0.3, -0.25) is 0 Å². The van der Waals surface area contributed by atoms with Crippen LogP contribution in [-0.4, -0.2) is 18.6 Å². The van der Waals surface area contributed by atoms with E-state index in [0.717, 1.165) is 19.3 Å². The van der Waals surface area contributed by atoms with Gasteiger partial charge in [0.15, 0.2) is 0 Å². The van der Waals surface area contributed by atoms with Crippen LogP contribution in [0.2, 0.25) is 0 Å². The van der Waals surface area contributed by atoms with Gasteiger partial charge in [-0.1, -0.05) is 19.3 Å². The molecule has 0 amide bonds. The Morgan fingerprint density at radius 3 is 2.21 bits per heavy atom. The van der Waals surface area contributed by atoms with E-state index >= 15 is 0 Å². The molecule has 0 spiro atoms. The van der Waals surface area contributed by atoms with Gasteiger partial charge in [0.1, 0.15) is 0 Å². The Bertz CT molecular complexity index is 163. The molecule has 0 bridgehead atoms. The first-order chi connectivity index (χ1) is 6.47. The Morgan fingerprint density at radius 2 is 1.71 bits per heavy atom. The number of alkyl halides is 4. The zero-order valence-corrected chi connectivity index (χ0v) is 7.82. The summed E-state index contributed by atoms with van der Waals surface area (Å²) in [6.07, 6.45) is -4.23. The average molecular weight is 214 g/mol. The number of halogens is 4. The third-order valence-electron chi connectivity index (χ3n) is 2.28. The average Bonchev–Trinajstić information content (AvgIpc) is 2.02. The van der Waals surface area contributed by atoms with Crippen LogP contribution < -0.4 is 0 Å². The topological polar surface area (TPSA) is 9.23 Å². The summed E-state index contributed by atoms with van der Waals surface area (Å²) in [4.78, 5) is 0. The van der Waals surface area contributed by atoms with E-state index in [2.05, 4.69) is 4.74 Å². The summed E-state index contributed by atoms with van der Waals surface area (Å²) in [5.41, 5.74) is 0. The van der Waals surface area contributed by atoms with E-state index in [4.69, 9.17) is 0 Å². The van der Waals surface area contributed by atoms with Crippen LogP contribution in [0.15, 0.2) is 0 Å². The van der Waals surface area contributed by atoms with Crippen LogP contribution in [0.3, 0.4) is 0 Å². The largest absolute Gasteiger partial charge is 0.394 e. The summed E-state index contributed by atoms with van der Waals surface area (Å²) in [7, 11) is 0. The van der Waals surface area contributed by atoms with E-state index in [9.17, 15) is 17.6 Å². The van der Waals surface area contributed by atoms with Crippen LogP contribution in [0.5, 0.6) is 0 Å². The molecule has 0 heterocycles. The molecular weight excluding hydrogens is 200 g/mol. The Labute approximate surface area is 80.4 Å². The fraction of sp³-hybridized carbons (Fsp3) is 1.00. The lowest BCUT2D eigenvalue weighted by molar-refractivity contribution is -0.196. The van der Waals surface area contributed by atoms with Crippen LogP contribution in [0, 0.1) is 0 Å². The van der Waals surface area contributed by atoms with Gasteiger partial charge in [0.05, 0.1) is 12.5 Å². The molecule has 1 aliphatic carbocycles. The molecule has 14 heavy (non-hydrogen) atoms. The minimum atomic E-state index is -4.48. The first-order valence-corrected chi connectivity index (χ1v) is 4.83. The van der Waals surface area contributed by atoms with Crippen LogP contribution in [-0.2, 0) is 4.74 Å². The van der Waals surface area contributed by atoms with Gasteiger partial charge in [-0.15, -0.1) is 0 Å². The maximum absolute atomic E-state index is 12.7. The summed E-state index contributed by atoms with van der Waals surface area (Å²) in [5.74, 6) is 0. The number of hydrogen-bond acceptors (Lipinski definition) is 1. The van der Waals surface area contributed by atoms with Gasteiger partial charge in [0.25, 0.3) is 0 Å². The number of hydrogen-bond donors (Lipinski definition) is 0. The van der Waals surface area contributed by atoms with Gasteiger partial charge in [0, 0.05) is 0 Å². The highest BCUT2D eigenvalue weighted by molar-refractivity contribution is 4.66. The zero-order valence-electron chi connectivity index (χ0n) is 7.82. The minimum absolute atomic E-state index is 0.318. The molecule has 0 radical (unpaired) electrons. The van der Waals surface area contributed by atoms with E-state index in [0.29, 0.717) is 12.8 Å². The van der Waals surface area contributed by atoms with Crippen molar-refractivity contribution in [3.63, 3.8) is 0 Å². The molecule has 1 fully saturated rings. The lowest BCUT2D eigenvalue weighted by Crippen LogP contribution is -2.25. The lowest BCUT2D eigenvalue weighted by atomic mass is 9.98. The molecule has 0 aromatic rings. The predicted octanol–water partition coefficient (Wildman–Crippen LogP) is 3.58. The Kier molecular flexibility index (Phi) is 4.16. The van der Waals surface area contributed by atoms with Gasteiger partial charge in [-0.05, 0) is 12.8 Å². The van der Waals surface area contributed by atoms with Crippen molar-refractivity contribution in [1.29, 1.82) is 0 Å². The molecule has 0 N–H and O–H groups in total. The van der Waals surface area contributed by atoms with Gasteiger partial charge in [-0.2, -0.15) is 13.2 Å². The monoisotopic (exact) mass is 214 g/mol. The minimum Gasteiger partial charge on any atom is -0.344 e. The maximum atomic E-state index is 12.7. The van der Waals surface area contributed by atoms with Crippen LogP contribution in [0.4, 0.5) is 17.6 Å². The first-order valence-electron chi connectivity index (χ1n) is 4.83. The normalized spacial score (nSPS) is 22.3. The van der Waals surface area contributed by atoms with Crippen molar-refractivity contribution in [2.45, 2.75) is 57.2 Å². The Balaban J connectivity index is 2.21.